The molecule has 8 nitrogen and oxygen atoms in total. The summed E-state index contributed by atoms with van der Waals surface area (Å²) in [5, 5.41) is 2.74. The molecule has 27 heavy (non-hydrogen) atoms. The highest BCUT2D eigenvalue weighted by Crippen LogP contribution is 2.40. The Bertz CT molecular complexity index is 1060. The molecule has 2 aliphatic heterocycles. The predicted octanol–water partition coefficient (Wildman–Crippen LogP) is 2.20. The molecule has 0 aliphatic carbocycles. The molecular formula is C18H17N3O5S. The third-order valence-corrected chi connectivity index (χ3v) is 6.22. The van der Waals surface area contributed by atoms with Gasteiger partial charge < -0.3 is 14.8 Å². The highest BCUT2D eigenvalue weighted by molar-refractivity contribution is 7.94. The Labute approximate surface area is 156 Å². The SMILES string of the molecule is CN1c2ccc(NC(=O)C=Cc3ccc4c(c3)OCO4)cc2N(C)S1(=O)=O. The summed E-state index contributed by atoms with van der Waals surface area (Å²) < 4.78 is 37.3. The molecule has 0 saturated heterocycles. The second kappa shape index (κ2) is 6.20. The number of nitrogens with zero attached hydrogens (tertiary/aromatic N) is 2. The second-order valence-corrected chi connectivity index (χ2v) is 8.07. The van der Waals surface area contributed by atoms with E-state index < -0.39 is 10.2 Å². The molecule has 4 rings (SSSR count). The van der Waals surface area contributed by atoms with Gasteiger partial charge in [-0.25, -0.2) is 0 Å². The van der Waals surface area contributed by atoms with E-state index >= 15 is 0 Å². The normalized spacial score (nSPS) is 16.7. The molecule has 0 fully saturated rings. The summed E-state index contributed by atoms with van der Waals surface area (Å²) >= 11 is 0. The smallest absolute Gasteiger partial charge is 0.326 e. The van der Waals surface area contributed by atoms with E-state index in [1.54, 1.807) is 36.4 Å². The first kappa shape index (κ1) is 17.2. The highest BCUT2D eigenvalue weighted by atomic mass is 32.2. The van der Waals surface area contributed by atoms with Crippen LogP contribution in [0.15, 0.2) is 42.5 Å². The Morgan fingerprint density at radius 2 is 1.78 bits per heavy atom. The number of rotatable bonds is 3. The van der Waals surface area contributed by atoms with Crippen LogP contribution in [0.4, 0.5) is 17.1 Å². The first-order valence-electron chi connectivity index (χ1n) is 8.12. The third-order valence-electron chi connectivity index (χ3n) is 4.44. The van der Waals surface area contributed by atoms with Crippen LogP contribution >= 0.6 is 0 Å². The van der Waals surface area contributed by atoms with Crippen molar-refractivity contribution in [2.45, 2.75) is 0 Å². The zero-order chi connectivity index (χ0) is 19.2. The van der Waals surface area contributed by atoms with Crippen molar-refractivity contribution in [3.05, 3.63) is 48.0 Å². The minimum absolute atomic E-state index is 0.195. The molecule has 0 unspecified atom stereocenters. The van der Waals surface area contributed by atoms with Crippen molar-refractivity contribution in [1.29, 1.82) is 0 Å². The van der Waals surface area contributed by atoms with Gasteiger partial charge in [0, 0.05) is 25.9 Å². The topological polar surface area (TPSA) is 88.2 Å². The van der Waals surface area contributed by atoms with Crippen LogP contribution in [-0.4, -0.2) is 35.2 Å². The molecule has 9 heteroatoms. The fourth-order valence-electron chi connectivity index (χ4n) is 2.92. The van der Waals surface area contributed by atoms with Gasteiger partial charge in [-0.15, -0.1) is 0 Å². The van der Waals surface area contributed by atoms with Gasteiger partial charge in [0.2, 0.25) is 12.7 Å². The van der Waals surface area contributed by atoms with Crippen LogP contribution in [0.5, 0.6) is 11.5 Å². The van der Waals surface area contributed by atoms with Crippen molar-refractivity contribution >= 4 is 39.3 Å². The van der Waals surface area contributed by atoms with Gasteiger partial charge in [0.1, 0.15) is 0 Å². The van der Waals surface area contributed by atoms with E-state index in [-0.39, 0.29) is 12.7 Å². The standard InChI is InChI=1S/C18H17N3O5S/c1-20-14-6-5-13(10-15(14)21(2)27(20,23)24)19-18(22)8-4-12-3-7-16-17(9-12)26-11-25-16/h3-10H,11H2,1-2H3,(H,19,22). The van der Waals surface area contributed by atoms with Crippen molar-refractivity contribution in [2.75, 3.05) is 34.8 Å². The molecule has 2 aromatic carbocycles. The summed E-state index contributed by atoms with van der Waals surface area (Å²) in [6.45, 7) is 0.195. The fourth-order valence-corrected chi connectivity index (χ4v) is 4.09. The van der Waals surface area contributed by atoms with Gasteiger partial charge in [-0.2, -0.15) is 8.42 Å². The quantitative estimate of drug-likeness (QED) is 0.816. The molecule has 1 amide bonds. The molecule has 2 aromatic rings. The van der Waals surface area contributed by atoms with Crippen molar-refractivity contribution in [3.8, 4) is 11.5 Å². The van der Waals surface area contributed by atoms with E-state index in [4.69, 9.17) is 9.47 Å². The molecular weight excluding hydrogens is 370 g/mol. The average molecular weight is 387 g/mol. The summed E-state index contributed by atoms with van der Waals surface area (Å²) in [5.74, 6) is 0.993. The monoisotopic (exact) mass is 387 g/mol. The lowest BCUT2D eigenvalue weighted by atomic mass is 10.2. The van der Waals surface area contributed by atoms with E-state index in [9.17, 15) is 13.2 Å². The van der Waals surface area contributed by atoms with Gasteiger partial charge in [-0.05, 0) is 42.0 Å². The maximum atomic E-state index is 12.2. The van der Waals surface area contributed by atoms with Gasteiger partial charge in [-0.1, -0.05) is 6.07 Å². The maximum absolute atomic E-state index is 12.2. The number of hydrogen-bond donors (Lipinski definition) is 1. The van der Waals surface area contributed by atoms with E-state index in [1.807, 2.05) is 6.07 Å². The molecule has 2 aliphatic rings. The Hall–Kier alpha value is -3.20. The van der Waals surface area contributed by atoms with Crippen LogP contribution in [0.2, 0.25) is 0 Å². The lowest BCUT2D eigenvalue weighted by Crippen LogP contribution is -2.32. The van der Waals surface area contributed by atoms with Crippen LogP contribution in [0, 0.1) is 0 Å². The third kappa shape index (κ3) is 2.95. The van der Waals surface area contributed by atoms with E-state index in [2.05, 4.69) is 5.32 Å². The number of benzene rings is 2. The lowest BCUT2D eigenvalue weighted by Gasteiger charge is -2.13. The van der Waals surface area contributed by atoms with E-state index in [0.717, 1.165) is 5.56 Å². The zero-order valence-electron chi connectivity index (χ0n) is 14.7. The Morgan fingerprint density at radius 3 is 2.59 bits per heavy atom. The largest absolute Gasteiger partial charge is 0.454 e. The summed E-state index contributed by atoms with van der Waals surface area (Å²) in [6.07, 6.45) is 3.06. The van der Waals surface area contributed by atoms with Crippen LogP contribution < -0.4 is 23.4 Å². The summed E-state index contributed by atoms with van der Waals surface area (Å²) in [4.78, 5) is 12.2. The van der Waals surface area contributed by atoms with Crippen molar-refractivity contribution < 1.29 is 22.7 Å². The lowest BCUT2D eigenvalue weighted by molar-refractivity contribution is -0.111. The Kier molecular flexibility index (Phi) is 3.96. The van der Waals surface area contributed by atoms with E-state index in [1.165, 1.54) is 28.8 Å². The van der Waals surface area contributed by atoms with Crippen molar-refractivity contribution in [1.82, 2.24) is 0 Å². The number of anilines is 3. The zero-order valence-corrected chi connectivity index (χ0v) is 15.5. The molecule has 0 saturated carbocycles. The number of fused-ring (bicyclic) bond motifs is 2. The van der Waals surface area contributed by atoms with Gasteiger partial charge in [0.05, 0.1) is 11.4 Å². The molecule has 0 atom stereocenters. The molecule has 0 spiro atoms. The van der Waals surface area contributed by atoms with Gasteiger partial charge >= 0.3 is 10.2 Å². The number of carbonyl (C=O) groups excluding carboxylic acids is 1. The molecule has 140 valence electrons. The Balaban J connectivity index is 1.49. The summed E-state index contributed by atoms with van der Waals surface area (Å²) in [6, 6.07) is 10.3. The minimum Gasteiger partial charge on any atom is -0.454 e. The summed E-state index contributed by atoms with van der Waals surface area (Å²) in [5.41, 5.74) is 2.38. The number of carbonyl (C=O) groups is 1. The van der Waals surface area contributed by atoms with Crippen LogP contribution in [0.3, 0.4) is 0 Å². The van der Waals surface area contributed by atoms with Crippen LogP contribution in [-0.2, 0) is 15.0 Å². The first-order chi connectivity index (χ1) is 12.9. The fraction of sp³-hybridized carbons (Fsp3) is 0.167. The molecule has 2 heterocycles. The Morgan fingerprint density at radius 1 is 1.04 bits per heavy atom. The molecule has 0 bridgehead atoms. The maximum Gasteiger partial charge on any atom is 0.326 e. The van der Waals surface area contributed by atoms with Gasteiger partial charge in [0.25, 0.3) is 0 Å². The number of hydrogen-bond acceptors (Lipinski definition) is 5. The average Bonchev–Trinajstić information content (AvgIpc) is 3.18. The van der Waals surface area contributed by atoms with Crippen LogP contribution in [0.25, 0.3) is 6.08 Å². The predicted molar refractivity (Wildman–Crippen MR) is 102 cm³/mol. The number of amides is 1. The molecule has 0 radical (unpaired) electrons. The van der Waals surface area contributed by atoms with Crippen molar-refractivity contribution in [2.24, 2.45) is 0 Å². The van der Waals surface area contributed by atoms with E-state index in [0.29, 0.717) is 28.6 Å². The second-order valence-electron chi connectivity index (χ2n) is 6.08. The molecule has 1 N–H and O–H groups in total. The van der Waals surface area contributed by atoms with Gasteiger partial charge in [0.15, 0.2) is 11.5 Å². The van der Waals surface area contributed by atoms with Crippen LogP contribution in [0.1, 0.15) is 5.56 Å². The highest BCUT2D eigenvalue weighted by Gasteiger charge is 2.35. The number of ether oxygens (including phenoxy) is 2. The summed E-state index contributed by atoms with van der Waals surface area (Å²) in [7, 11) is -0.576. The minimum atomic E-state index is -3.54. The van der Waals surface area contributed by atoms with Gasteiger partial charge in [-0.3, -0.25) is 13.4 Å². The number of nitrogens with one attached hydrogen (secondary N) is 1. The van der Waals surface area contributed by atoms with Crippen molar-refractivity contribution in [3.63, 3.8) is 0 Å². The first-order valence-corrected chi connectivity index (χ1v) is 9.51. The molecule has 0 aromatic heterocycles.